The lowest BCUT2D eigenvalue weighted by Crippen LogP contribution is -2.10. The van der Waals surface area contributed by atoms with Crippen molar-refractivity contribution in [3.8, 4) is 11.5 Å². The lowest BCUT2D eigenvalue weighted by atomic mass is 9.97. The molecule has 0 N–H and O–H groups in total. The second kappa shape index (κ2) is 11.4. The third kappa shape index (κ3) is 7.40. The minimum absolute atomic E-state index is 0.188. The number of aromatic nitrogens is 3. The summed E-state index contributed by atoms with van der Waals surface area (Å²) in [5.41, 5.74) is 1.52. The normalized spacial score (nSPS) is 10.7. The number of carbonyl (C=O) groups excluding carboxylic acids is 1. The summed E-state index contributed by atoms with van der Waals surface area (Å²) in [7, 11) is 5.66. The molecule has 1 heterocycles. The van der Waals surface area contributed by atoms with Gasteiger partial charge in [0.25, 0.3) is 0 Å². The predicted molar refractivity (Wildman–Crippen MR) is 98.9 cm³/mol. The molecule has 0 aliphatic heterocycles. The molecular weight excluding hydrogens is 349 g/mol. The SMILES string of the molecule is [B]Cc1ccc(OC(C)=O)c(OCc2cn(CCOCCOCC)nn2)c1. The molecule has 2 radical (unpaired) electrons. The Morgan fingerprint density at radius 3 is 2.74 bits per heavy atom. The molecule has 1 aromatic carbocycles. The summed E-state index contributed by atoms with van der Waals surface area (Å²) in [4.78, 5) is 11.2. The third-order valence-corrected chi connectivity index (χ3v) is 3.50. The average molecular weight is 373 g/mol. The summed E-state index contributed by atoms with van der Waals surface area (Å²) in [6, 6.07) is 5.19. The molecule has 0 saturated heterocycles. The Labute approximate surface area is 160 Å². The molecule has 0 aliphatic carbocycles. The second-order valence-corrected chi connectivity index (χ2v) is 5.65. The number of hydrogen-bond acceptors (Lipinski definition) is 7. The molecule has 144 valence electrons. The lowest BCUT2D eigenvalue weighted by molar-refractivity contribution is -0.132. The number of rotatable bonds is 12. The van der Waals surface area contributed by atoms with Crippen LogP contribution in [0.25, 0.3) is 0 Å². The minimum atomic E-state index is -0.421. The average Bonchev–Trinajstić information content (AvgIpc) is 3.11. The van der Waals surface area contributed by atoms with E-state index < -0.39 is 5.97 Å². The molecule has 0 amide bonds. The van der Waals surface area contributed by atoms with Crippen LogP contribution < -0.4 is 9.47 Å². The van der Waals surface area contributed by atoms with Crippen molar-refractivity contribution in [3.05, 3.63) is 35.7 Å². The van der Waals surface area contributed by atoms with Crippen LogP contribution in [0.15, 0.2) is 24.4 Å². The van der Waals surface area contributed by atoms with E-state index in [1.54, 1.807) is 29.1 Å². The first-order valence-electron chi connectivity index (χ1n) is 8.81. The largest absolute Gasteiger partial charge is 0.483 e. The van der Waals surface area contributed by atoms with Gasteiger partial charge in [-0.3, -0.25) is 4.79 Å². The van der Waals surface area contributed by atoms with Crippen LogP contribution in [0.5, 0.6) is 11.5 Å². The van der Waals surface area contributed by atoms with E-state index in [1.165, 1.54) is 6.92 Å². The van der Waals surface area contributed by atoms with Crippen molar-refractivity contribution in [2.75, 3.05) is 26.4 Å². The molecule has 0 atom stereocenters. The van der Waals surface area contributed by atoms with Gasteiger partial charge in [-0.15, -0.1) is 5.10 Å². The molecule has 27 heavy (non-hydrogen) atoms. The minimum Gasteiger partial charge on any atom is -0.483 e. The van der Waals surface area contributed by atoms with Gasteiger partial charge in [-0.25, -0.2) is 4.68 Å². The lowest BCUT2D eigenvalue weighted by Gasteiger charge is -2.11. The highest BCUT2D eigenvalue weighted by molar-refractivity contribution is 6.08. The van der Waals surface area contributed by atoms with Gasteiger partial charge in [0.1, 0.15) is 12.3 Å². The Balaban J connectivity index is 1.86. The molecule has 2 aromatic rings. The van der Waals surface area contributed by atoms with Crippen molar-refractivity contribution in [3.63, 3.8) is 0 Å². The maximum absolute atomic E-state index is 11.2. The summed E-state index contributed by atoms with van der Waals surface area (Å²) in [5, 5.41) is 8.11. The van der Waals surface area contributed by atoms with E-state index in [1.807, 2.05) is 6.92 Å². The molecule has 0 saturated carbocycles. The van der Waals surface area contributed by atoms with Gasteiger partial charge < -0.3 is 18.9 Å². The van der Waals surface area contributed by atoms with E-state index in [0.29, 0.717) is 56.5 Å². The number of nitrogens with zero attached hydrogens (tertiary/aromatic N) is 3. The standard InChI is InChI=1S/C18H24BN3O5/c1-3-24-8-9-25-7-6-22-12-16(20-21-22)13-26-18-10-15(11-19)4-5-17(18)27-14(2)23/h4-5,10,12H,3,6-9,11,13H2,1-2H3. The molecule has 0 unspecified atom stereocenters. The topological polar surface area (TPSA) is 84.7 Å². The molecule has 8 nitrogen and oxygen atoms in total. The Morgan fingerprint density at radius 2 is 2.00 bits per heavy atom. The predicted octanol–water partition coefficient (Wildman–Crippen LogP) is 1.50. The number of benzene rings is 1. The summed E-state index contributed by atoms with van der Waals surface area (Å²) in [6.07, 6.45) is 2.14. The highest BCUT2D eigenvalue weighted by Crippen LogP contribution is 2.29. The van der Waals surface area contributed by atoms with Crippen molar-refractivity contribution in [2.24, 2.45) is 0 Å². The Kier molecular flexibility index (Phi) is 8.80. The first-order valence-corrected chi connectivity index (χ1v) is 8.81. The van der Waals surface area contributed by atoms with Crippen LogP contribution in [0.3, 0.4) is 0 Å². The quantitative estimate of drug-likeness (QED) is 0.241. The maximum Gasteiger partial charge on any atom is 0.308 e. The van der Waals surface area contributed by atoms with Crippen molar-refractivity contribution in [1.82, 2.24) is 15.0 Å². The zero-order valence-electron chi connectivity index (χ0n) is 15.7. The van der Waals surface area contributed by atoms with Gasteiger partial charge in [-0.05, 0) is 19.1 Å². The number of esters is 1. The van der Waals surface area contributed by atoms with E-state index in [9.17, 15) is 4.79 Å². The molecular formula is C18H24BN3O5. The summed E-state index contributed by atoms with van der Waals surface area (Å²) in [6.45, 7) is 6.39. The van der Waals surface area contributed by atoms with Crippen LogP contribution in [0.4, 0.5) is 0 Å². The molecule has 1 aromatic heterocycles. The van der Waals surface area contributed by atoms with Crippen molar-refractivity contribution >= 4 is 13.8 Å². The zero-order valence-corrected chi connectivity index (χ0v) is 15.7. The van der Waals surface area contributed by atoms with Crippen molar-refractivity contribution in [2.45, 2.75) is 33.3 Å². The molecule has 0 aliphatic rings. The first kappa shape index (κ1) is 20.9. The highest BCUT2D eigenvalue weighted by atomic mass is 16.6. The molecule has 2 rings (SSSR count). The van der Waals surface area contributed by atoms with Crippen molar-refractivity contribution < 1.29 is 23.7 Å². The van der Waals surface area contributed by atoms with Gasteiger partial charge in [0, 0.05) is 13.5 Å². The van der Waals surface area contributed by atoms with Crippen molar-refractivity contribution in [1.29, 1.82) is 0 Å². The molecule has 0 bridgehead atoms. The zero-order chi connectivity index (χ0) is 19.5. The Morgan fingerprint density at radius 1 is 1.19 bits per heavy atom. The first-order chi connectivity index (χ1) is 13.1. The van der Waals surface area contributed by atoms with E-state index in [4.69, 9.17) is 26.8 Å². The number of carbonyl (C=O) groups is 1. The van der Waals surface area contributed by atoms with Gasteiger partial charge in [-0.2, -0.15) is 0 Å². The molecule has 0 fully saturated rings. The monoisotopic (exact) mass is 373 g/mol. The number of ether oxygens (including phenoxy) is 4. The Hall–Kier alpha value is -2.39. The van der Waals surface area contributed by atoms with Crippen LogP contribution >= 0.6 is 0 Å². The van der Waals surface area contributed by atoms with Crippen LogP contribution in [0, 0.1) is 0 Å². The van der Waals surface area contributed by atoms with E-state index in [0.717, 1.165) is 5.56 Å². The van der Waals surface area contributed by atoms with Gasteiger partial charge in [0.2, 0.25) is 0 Å². The van der Waals surface area contributed by atoms with Crippen LogP contribution in [-0.4, -0.2) is 55.2 Å². The van der Waals surface area contributed by atoms with Gasteiger partial charge in [0.05, 0.1) is 40.4 Å². The van der Waals surface area contributed by atoms with Gasteiger partial charge in [0.15, 0.2) is 11.5 Å². The van der Waals surface area contributed by atoms with Crippen LogP contribution in [-0.2, 0) is 33.7 Å². The summed E-state index contributed by atoms with van der Waals surface area (Å²) in [5.74, 6) is 0.354. The highest BCUT2D eigenvalue weighted by Gasteiger charge is 2.10. The second-order valence-electron chi connectivity index (χ2n) is 5.65. The van der Waals surface area contributed by atoms with Gasteiger partial charge in [-0.1, -0.05) is 23.2 Å². The fraction of sp³-hybridized carbons (Fsp3) is 0.500. The van der Waals surface area contributed by atoms with E-state index in [2.05, 4.69) is 10.3 Å². The van der Waals surface area contributed by atoms with Gasteiger partial charge >= 0.3 is 5.97 Å². The summed E-state index contributed by atoms with van der Waals surface area (Å²) < 4.78 is 23.2. The smallest absolute Gasteiger partial charge is 0.308 e. The summed E-state index contributed by atoms with van der Waals surface area (Å²) >= 11 is 0. The third-order valence-electron chi connectivity index (χ3n) is 3.50. The van der Waals surface area contributed by atoms with E-state index >= 15 is 0 Å². The number of hydrogen-bond donors (Lipinski definition) is 0. The molecule has 0 spiro atoms. The van der Waals surface area contributed by atoms with Crippen LogP contribution in [0.2, 0.25) is 0 Å². The van der Waals surface area contributed by atoms with Crippen LogP contribution in [0.1, 0.15) is 25.1 Å². The fourth-order valence-electron chi connectivity index (χ4n) is 2.22. The molecule has 9 heteroatoms. The maximum atomic E-state index is 11.2. The fourth-order valence-corrected chi connectivity index (χ4v) is 2.22. The van der Waals surface area contributed by atoms with E-state index in [-0.39, 0.29) is 6.61 Å². The Bertz CT molecular complexity index is 723.